The van der Waals surface area contributed by atoms with E-state index in [1.165, 1.54) is 32.2 Å². The van der Waals surface area contributed by atoms with Crippen LogP contribution < -0.4 is 0 Å². The molecule has 3 rings (SSSR count). The van der Waals surface area contributed by atoms with E-state index >= 15 is 0 Å². The zero-order valence-electron chi connectivity index (χ0n) is 10.2. The minimum absolute atomic E-state index is 0.328. The summed E-state index contributed by atoms with van der Waals surface area (Å²) in [7, 11) is 0. The third kappa shape index (κ3) is 2.13. The minimum atomic E-state index is 0.328. The Morgan fingerprint density at radius 1 is 1.31 bits per heavy atom. The van der Waals surface area contributed by atoms with E-state index in [4.69, 9.17) is 9.47 Å². The Morgan fingerprint density at radius 3 is 2.94 bits per heavy atom. The van der Waals surface area contributed by atoms with Crippen molar-refractivity contribution in [1.29, 1.82) is 0 Å². The van der Waals surface area contributed by atoms with Gasteiger partial charge in [-0.05, 0) is 38.5 Å². The zero-order valence-corrected chi connectivity index (χ0v) is 10.2. The molecular weight excluding hydrogens is 202 g/mol. The van der Waals surface area contributed by atoms with Gasteiger partial charge in [-0.3, -0.25) is 4.90 Å². The largest absolute Gasteiger partial charge is 0.374 e. The van der Waals surface area contributed by atoms with Crippen LogP contribution in [-0.4, -0.2) is 49.5 Å². The Balaban J connectivity index is 1.65. The topological polar surface area (TPSA) is 21.7 Å². The van der Waals surface area contributed by atoms with Gasteiger partial charge in [0.1, 0.15) is 6.10 Å². The van der Waals surface area contributed by atoms with E-state index in [-0.39, 0.29) is 0 Å². The van der Waals surface area contributed by atoms with Gasteiger partial charge in [-0.2, -0.15) is 0 Å². The molecule has 3 nitrogen and oxygen atoms in total. The van der Waals surface area contributed by atoms with E-state index < -0.39 is 0 Å². The fourth-order valence-corrected chi connectivity index (χ4v) is 3.21. The van der Waals surface area contributed by atoms with E-state index in [0.717, 1.165) is 25.7 Å². The third-order valence-corrected chi connectivity index (χ3v) is 4.15. The maximum absolute atomic E-state index is 5.93. The molecule has 0 unspecified atom stereocenters. The molecule has 0 N–H and O–H groups in total. The second-order valence-electron chi connectivity index (χ2n) is 5.44. The number of likely N-dealkylation sites (tertiary alicyclic amines) is 1. The highest BCUT2D eigenvalue weighted by Gasteiger charge is 2.45. The van der Waals surface area contributed by atoms with Crippen LogP contribution in [0.2, 0.25) is 0 Å². The molecule has 0 bridgehead atoms. The molecule has 2 heterocycles. The van der Waals surface area contributed by atoms with E-state index in [9.17, 15) is 0 Å². The summed E-state index contributed by atoms with van der Waals surface area (Å²) in [4.78, 5) is 2.64. The molecule has 16 heavy (non-hydrogen) atoms. The molecule has 0 radical (unpaired) electrons. The monoisotopic (exact) mass is 225 g/mol. The van der Waals surface area contributed by atoms with Crippen LogP contribution in [0.3, 0.4) is 0 Å². The van der Waals surface area contributed by atoms with E-state index in [1.807, 2.05) is 0 Å². The smallest absolute Gasteiger partial charge is 0.100 e. The molecule has 0 spiro atoms. The Bertz CT molecular complexity index is 242. The van der Waals surface area contributed by atoms with Crippen molar-refractivity contribution in [3.8, 4) is 0 Å². The minimum Gasteiger partial charge on any atom is -0.374 e. The fraction of sp³-hybridized carbons (Fsp3) is 1.00. The summed E-state index contributed by atoms with van der Waals surface area (Å²) >= 11 is 0. The van der Waals surface area contributed by atoms with Gasteiger partial charge in [-0.25, -0.2) is 0 Å². The summed E-state index contributed by atoms with van der Waals surface area (Å²) in [5, 5.41) is 0. The Morgan fingerprint density at radius 2 is 2.19 bits per heavy atom. The van der Waals surface area contributed by atoms with Crippen molar-refractivity contribution in [1.82, 2.24) is 4.90 Å². The molecule has 2 aliphatic heterocycles. The van der Waals surface area contributed by atoms with Crippen molar-refractivity contribution in [3.63, 3.8) is 0 Å². The summed E-state index contributed by atoms with van der Waals surface area (Å²) < 4.78 is 11.8. The van der Waals surface area contributed by atoms with Gasteiger partial charge in [0.2, 0.25) is 0 Å². The van der Waals surface area contributed by atoms with Gasteiger partial charge < -0.3 is 9.47 Å². The lowest BCUT2D eigenvalue weighted by atomic mass is 10.0. The van der Waals surface area contributed by atoms with Crippen molar-refractivity contribution < 1.29 is 9.47 Å². The summed E-state index contributed by atoms with van der Waals surface area (Å²) in [6, 6.07) is 0.644. The van der Waals surface area contributed by atoms with Gasteiger partial charge in [-0.15, -0.1) is 0 Å². The summed E-state index contributed by atoms with van der Waals surface area (Å²) in [5.41, 5.74) is 0. The molecule has 92 valence electrons. The Labute approximate surface area is 98.1 Å². The van der Waals surface area contributed by atoms with Crippen molar-refractivity contribution in [3.05, 3.63) is 0 Å². The van der Waals surface area contributed by atoms with Gasteiger partial charge in [-0.1, -0.05) is 0 Å². The molecule has 1 saturated carbocycles. The van der Waals surface area contributed by atoms with Crippen LogP contribution in [0.4, 0.5) is 0 Å². The van der Waals surface area contributed by atoms with Crippen molar-refractivity contribution in [2.45, 2.75) is 50.9 Å². The van der Waals surface area contributed by atoms with E-state index in [1.54, 1.807) is 0 Å². The highest BCUT2D eigenvalue weighted by Crippen LogP contribution is 2.36. The Hall–Kier alpha value is -0.120. The fourth-order valence-electron chi connectivity index (χ4n) is 3.21. The summed E-state index contributed by atoms with van der Waals surface area (Å²) in [5.74, 6) is 0.975. The molecule has 3 aliphatic rings. The van der Waals surface area contributed by atoms with Gasteiger partial charge in [0.25, 0.3) is 0 Å². The van der Waals surface area contributed by atoms with Crippen molar-refractivity contribution in [2.24, 2.45) is 5.92 Å². The molecular formula is C13H23NO2. The first-order chi connectivity index (χ1) is 7.88. The van der Waals surface area contributed by atoms with Gasteiger partial charge >= 0.3 is 0 Å². The molecule has 0 aromatic rings. The van der Waals surface area contributed by atoms with Crippen LogP contribution in [0.15, 0.2) is 0 Å². The highest BCUT2D eigenvalue weighted by atomic mass is 16.5. The van der Waals surface area contributed by atoms with Crippen molar-refractivity contribution >= 4 is 0 Å². The molecule has 0 aromatic heterocycles. The number of ether oxygens (including phenoxy) is 2. The lowest BCUT2D eigenvalue weighted by molar-refractivity contribution is -0.0748. The standard InChI is InChI=1S/C13H23NO2/c1-2-15-12-9-14(8-10-5-6-10)11-4-3-7-16-13(11)12/h10-13H,2-9H2,1H3/t11-,12+,13+/m1/s1. The van der Waals surface area contributed by atoms with Crippen LogP contribution in [0.1, 0.15) is 32.6 Å². The van der Waals surface area contributed by atoms with Gasteiger partial charge in [0.05, 0.1) is 6.10 Å². The molecule has 0 amide bonds. The van der Waals surface area contributed by atoms with Gasteiger partial charge in [0, 0.05) is 32.3 Å². The quantitative estimate of drug-likeness (QED) is 0.726. The predicted octanol–water partition coefficient (Wildman–Crippen LogP) is 1.66. The summed E-state index contributed by atoms with van der Waals surface area (Å²) in [6.45, 7) is 6.21. The van der Waals surface area contributed by atoms with Crippen LogP contribution in [0.25, 0.3) is 0 Å². The molecule has 2 saturated heterocycles. The SMILES string of the molecule is CCO[C@H]1CN(CC2CC2)[C@@H]2CCCO[C@H]12. The number of hydrogen-bond acceptors (Lipinski definition) is 3. The lowest BCUT2D eigenvalue weighted by Crippen LogP contribution is -2.42. The van der Waals surface area contributed by atoms with Crippen LogP contribution in [0.5, 0.6) is 0 Å². The van der Waals surface area contributed by atoms with Crippen LogP contribution >= 0.6 is 0 Å². The van der Waals surface area contributed by atoms with Crippen LogP contribution in [-0.2, 0) is 9.47 Å². The number of hydrogen-bond donors (Lipinski definition) is 0. The first kappa shape index (κ1) is 11.0. The Kier molecular flexibility index (Phi) is 3.18. The number of rotatable bonds is 4. The molecule has 1 aliphatic carbocycles. The normalized spacial score (nSPS) is 39.9. The van der Waals surface area contributed by atoms with Gasteiger partial charge in [0.15, 0.2) is 0 Å². The molecule has 0 aromatic carbocycles. The number of fused-ring (bicyclic) bond motifs is 1. The van der Waals surface area contributed by atoms with E-state index in [2.05, 4.69) is 11.8 Å². The lowest BCUT2D eigenvalue weighted by Gasteiger charge is -2.32. The summed E-state index contributed by atoms with van der Waals surface area (Å²) in [6.07, 6.45) is 6.09. The average molecular weight is 225 g/mol. The zero-order chi connectivity index (χ0) is 11.0. The highest BCUT2D eigenvalue weighted by molar-refractivity contribution is 4.98. The van der Waals surface area contributed by atoms with E-state index in [0.29, 0.717) is 18.2 Å². The third-order valence-electron chi connectivity index (χ3n) is 4.15. The van der Waals surface area contributed by atoms with Crippen LogP contribution in [0, 0.1) is 5.92 Å². The second-order valence-corrected chi connectivity index (χ2v) is 5.44. The molecule has 3 fully saturated rings. The maximum atomic E-state index is 5.93. The second kappa shape index (κ2) is 4.63. The number of nitrogens with zero attached hydrogens (tertiary/aromatic N) is 1. The first-order valence-electron chi connectivity index (χ1n) is 6.85. The molecule has 3 heteroatoms. The molecule has 3 atom stereocenters. The first-order valence-corrected chi connectivity index (χ1v) is 6.85. The average Bonchev–Trinajstić information content (AvgIpc) is 3.05. The van der Waals surface area contributed by atoms with Crippen molar-refractivity contribution in [2.75, 3.05) is 26.3 Å². The maximum Gasteiger partial charge on any atom is 0.100 e. The predicted molar refractivity (Wildman–Crippen MR) is 62.5 cm³/mol.